The van der Waals surface area contributed by atoms with Crippen LogP contribution in [0, 0.1) is 5.92 Å². The highest BCUT2D eigenvalue weighted by molar-refractivity contribution is 5.93. The molecule has 0 saturated heterocycles. The summed E-state index contributed by atoms with van der Waals surface area (Å²) in [5.74, 6) is 0.399. The van der Waals surface area contributed by atoms with Crippen LogP contribution in [0.4, 0.5) is 11.4 Å². The highest BCUT2D eigenvalue weighted by Crippen LogP contribution is 2.37. The summed E-state index contributed by atoms with van der Waals surface area (Å²) >= 11 is 0. The summed E-state index contributed by atoms with van der Waals surface area (Å²) in [5.41, 5.74) is 5.89. The minimum atomic E-state index is -0.481. The van der Waals surface area contributed by atoms with E-state index >= 15 is 0 Å². The molecule has 0 aromatic heterocycles. The summed E-state index contributed by atoms with van der Waals surface area (Å²) in [7, 11) is 0. The number of benzene rings is 2. The Morgan fingerprint density at radius 1 is 1.00 bits per heavy atom. The minimum absolute atomic E-state index is 0.459. The van der Waals surface area contributed by atoms with E-state index in [1.54, 1.807) is 17.6 Å². The van der Waals surface area contributed by atoms with Crippen molar-refractivity contribution >= 4 is 17.3 Å². The molecule has 2 aliphatic rings. The first kappa shape index (κ1) is 16.0. The van der Waals surface area contributed by atoms with Crippen molar-refractivity contribution in [2.75, 3.05) is 29.4 Å². The van der Waals surface area contributed by atoms with Gasteiger partial charge in [-0.15, -0.1) is 0 Å². The van der Waals surface area contributed by atoms with Gasteiger partial charge in [0.15, 0.2) is 0 Å². The lowest BCUT2D eigenvalue weighted by Gasteiger charge is -2.39. The number of fused-ring (bicyclic) bond motifs is 1. The van der Waals surface area contributed by atoms with Crippen molar-refractivity contribution < 1.29 is 10.0 Å². The Bertz CT molecular complexity index is 756. The van der Waals surface area contributed by atoms with Gasteiger partial charge in [-0.1, -0.05) is 24.3 Å². The summed E-state index contributed by atoms with van der Waals surface area (Å²) < 4.78 is 0. The Labute approximate surface area is 147 Å². The van der Waals surface area contributed by atoms with Crippen LogP contribution in [0.5, 0.6) is 0 Å². The fourth-order valence-electron chi connectivity index (χ4n) is 3.49. The number of rotatable bonds is 5. The maximum absolute atomic E-state index is 11.4. The average molecular weight is 337 g/mol. The van der Waals surface area contributed by atoms with Crippen LogP contribution >= 0.6 is 0 Å². The smallest absolute Gasteiger partial charge is 0.274 e. The van der Waals surface area contributed by atoms with Crippen LogP contribution in [0.3, 0.4) is 0 Å². The number of para-hydroxylation sites is 2. The summed E-state index contributed by atoms with van der Waals surface area (Å²) in [5, 5.41) is 8.71. The van der Waals surface area contributed by atoms with E-state index in [-0.39, 0.29) is 0 Å². The number of carbonyl (C=O) groups excluding carboxylic acids is 1. The molecule has 0 spiro atoms. The van der Waals surface area contributed by atoms with Crippen LogP contribution in [-0.2, 0) is 6.54 Å². The largest absolute Gasteiger partial charge is 0.368 e. The van der Waals surface area contributed by atoms with Crippen LogP contribution in [0.1, 0.15) is 28.8 Å². The van der Waals surface area contributed by atoms with E-state index in [9.17, 15) is 4.79 Å². The van der Waals surface area contributed by atoms with Gasteiger partial charge in [-0.2, -0.15) is 0 Å². The second kappa shape index (κ2) is 6.76. The topological polar surface area (TPSA) is 55.8 Å². The second-order valence-electron chi connectivity index (χ2n) is 6.94. The second-order valence-corrected chi connectivity index (χ2v) is 6.94. The normalized spacial score (nSPS) is 16.5. The number of amides is 1. The Kier molecular flexibility index (Phi) is 4.32. The van der Waals surface area contributed by atoms with Gasteiger partial charge in [0.25, 0.3) is 5.91 Å². The van der Waals surface area contributed by atoms with Gasteiger partial charge < -0.3 is 9.80 Å². The molecule has 0 bridgehead atoms. The molecule has 1 aliphatic heterocycles. The molecule has 25 heavy (non-hydrogen) atoms. The summed E-state index contributed by atoms with van der Waals surface area (Å²) in [6, 6.07) is 16.0. The van der Waals surface area contributed by atoms with E-state index in [4.69, 9.17) is 5.21 Å². The highest BCUT2D eigenvalue weighted by Gasteiger charge is 2.28. The molecule has 2 aromatic rings. The van der Waals surface area contributed by atoms with E-state index in [1.165, 1.54) is 30.8 Å². The number of nitrogens with one attached hydrogen (secondary N) is 1. The standard InChI is InChI=1S/C20H23N3O2/c24-20(21-25)17-9-7-16(8-10-17)14-23-12-11-22(13-15-5-6-15)18-3-1-2-4-19(18)23/h1-4,7-10,15,25H,5-6,11-14H2,(H,21,24). The van der Waals surface area contributed by atoms with Crippen LogP contribution in [0.15, 0.2) is 48.5 Å². The molecule has 2 aromatic carbocycles. The number of anilines is 2. The summed E-state index contributed by atoms with van der Waals surface area (Å²) in [6.45, 7) is 4.05. The van der Waals surface area contributed by atoms with Gasteiger partial charge in [0, 0.05) is 31.7 Å². The molecule has 0 atom stereocenters. The van der Waals surface area contributed by atoms with Crippen LogP contribution in [0.25, 0.3) is 0 Å². The highest BCUT2D eigenvalue weighted by atomic mass is 16.5. The Morgan fingerprint density at radius 2 is 1.64 bits per heavy atom. The number of hydroxylamine groups is 1. The molecule has 5 heteroatoms. The first-order valence-electron chi connectivity index (χ1n) is 8.87. The third-order valence-corrected chi connectivity index (χ3v) is 5.07. The molecule has 1 fully saturated rings. The van der Waals surface area contributed by atoms with Gasteiger partial charge in [0.1, 0.15) is 0 Å². The van der Waals surface area contributed by atoms with E-state index < -0.39 is 5.91 Å². The van der Waals surface area contributed by atoms with Crippen LogP contribution < -0.4 is 15.3 Å². The molecule has 130 valence electrons. The summed E-state index contributed by atoms with van der Waals surface area (Å²) in [6.07, 6.45) is 2.74. The van der Waals surface area contributed by atoms with Gasteiger partial charge >= 0.3 is 0 Å². The molecule has 1 heterocycles. The maximum atomic E-state index is 11.4. The van der Waals surface area contributed by atoms with E-state index in [0.29, 0.717) is 5.56 Å². The molecule has 1 saturated carbocycles. The van der Waals surface area contributed by atoms with Gasteiger partial charge in [0.2, 0.25) is 0 Å². The first-order chi connectivity index (χ1) is 12.2. The quantitative estimate of drug-likeness (QED) is 0.650. The van der Waals surface area contributed by atoms with E-state index in [1.807, 2.05) is 12.1 Å². The molecule has 5 nitrogen and oxygen atoms in total. The fourth-order valence-corrected chi connectivity index (χ4v) is 3.49. The number of carbonyl (C=O) groups is 1. The zero-order valence-electron chi connectivity index (χ0n) is 14.2. The third-order valence-electron chi connectivity index (χ3n) is 5.07. The van der Waals surface area contributed by atoms with Crippen molar-refractivity contribution in [2.24, 2.45) is 5.92 Å². The zero-order chi connectivity index (χ0) is 17.2. The maximum Gasteiger partial charge on any atom is 0.274 e. The lowest BCUT2D eigenvalue weighted by atomic mass is 10.1. The predicted molar refractivity (Wildman–Crippen MR) is 98.1 cm³/mol. The fraction of sp³-hybridized carbons (Fsp3) is 0.350. The van der Waals surface area contributed by atoms with Gasteiger partial charge in [-0.05, 0) is 48.6 Å². The Hall–Kier alpha value is -2.53. The minimum Gasteiger partial charge on any atom is -0.368 e. The third kappa shape index (κ3) is 3.46. The van der Waals surface area contributed by atoms with Crippen molar-refractivity contribution in [2.45, 2.75) is 19.4 Å². The molecular weight excluding hydrogens is 314 g/mol. The SMILES string of the molecule is O=C(NO)c1ccc(CN2CCN(CC3CC3)c3ccccc32)cc1. The van der Waals surface area contributed by atoms with Gasteiger partial charge in [-0.25, -0.2) is 5.48 Å². The van der Waals surface area contributed by atoms with Gasteiger partial charge in [-0.3, -0.25) is 10.0 Å². The predicted octanol–water partition coefficient (Wildman–Crippen LogP) is 3.04. The number of nitrogens with zero attached hydrogens (tertiary/aromatic N) is 2. The molecule has 1 aliphatic carbocycles. The van der Waals surface area contributed by atoms with E-state index in [2.05, 4.69) is 34.1 Å². The van der Waals surface area contributed by atoms with Crippen molar-refractivity contribution in [3.63, 3.8) is 0 Å². The molecule has 0 unspecified atom stereocenters. The monoisotopic (exact) mass is 337 g/mol. The Balaban J connectivity index is 1.51. The Morgan fingerprint density at radius 3 is 2.28 bits per heavy atom. The van der Waals surface area contributed by atoms with Crippen molar-refractivity contribution in [3.8, 4) is 0 Å². The molecule has 4 rings (SSSR count). The lowest BCUT2D eigenvalue weighted by Crippen LogP contribution is -2.41. The van der Waals surface area contributed by atoms with Crippen molar-refractivity contribution in [1.29, 1.82) is 0 Å². The molecular formula is C20H23N3O2. The summed E-state index contributed by atoms with van der Waals surface area (Å²) in [4.78, 5) is 16.4. The first-order valence-corrected chi connectivity index (χ1v) is 8.87. The average Bonchev–Trinajstić information content (AvgIpc) is 3.48. The van der Waals surface area contributed by atoms with E-state index in [0.717, 1.165) is 31.1 Å². The molecule has 0 radical (unpaired) electrons. The zero-order valence-corrected chi connectivity index (χ0v) is 14.2. The van der Waals surface area contributed by atoms with Crippen molar-refractivity contribution in [1.82, 2.24) is 5.48 Å². The van der Waals surface area contributed by atoms with Crippen LogP contribution in [0.2, 0.25) is 0 Å². The van der Waals surface area contributed by atoms with Gasteiger partial charge in [0.05, 0.1) is 11.4 Å². The van der Waals surface area contributed by atoms with Crippen molar-refractivity contribution in [3.05, 3.63) is 59.7 Å². The van der Waals surface area contributed by atoms with Crippen LogP contribution in [-0.4, -0.2) is 30.7 Å². The number of hydrogen-bond acceptors (Lipinski definition) is 4. The molecule has 2 N–H and O–H groups in total. The molecule has 1 amide bonds. The number of hydrogen-bond donors (Lipinski definition) is 2. The lowest BCUT2D eigenvalue weighted by molar-refractivity contribution is 0.0706.